The zero-order valence-corrected chi connectivity index (χ0v) is 22.1. The lowest BCUT2D eigenvalue weighted by molar-refractivity contribution is 0.0983. The third kappa shape index (κ3) is 4.75. The number of amides is 3. The first kappa shape index (κ1) is 25.1. The van der Waals surface area contributed by atoms with Gasteiger partial charge < -0.3 is 24.8 Å². The predicted octanol–water partition coefficient (Wildman–Crippen LogP) is 4.45. The minimum absolute atomic E-state index is 0.0472. The number of carbonyl (C=O) groups excluding carboxylic acids is 2. The molecule has 1 unspecified atom stereocenters. The third-order valence-electron chi connectivity index (χ3n) is 8.05. The number of methoxy groups -OCH3 is 1. The molecular formula is C29H31FN6O3. The van der Waals surface area contributed by atoms with Crippen LogP contribution in [0, 0.1) is 5.82 Å². The molecule has 0 bridgehead atoms. The summed E-state index contributed by atoms with van der Waals surface area (Å²) < 4.78 is 19.1. The van der Waals surface area contributed by atoms with Gasteiger partial charge in [0.05, 0.1) is 7.11 Å². The van der Waals surface area contributed by atoms with Gasteiger partial charge in [0.25, 0.3) is 5.91 Å². The van der Waals surface area contributed by atoms with Gasteiger partial charge in [-0.15, -0.1) is 0 Å². The second kappa shape index (κ2) is 10.2. The van der Waals surface area contributed by atoms with Gasteiger partial charge in [-0.1, -0.05) is 6.92 Å². The SMILES string of the molecule is COc1ccc2c(c1)CCN(C1CCN(c3cc(C(=O)N4CC(C)c5cc(F)ccc54)ncn3)CC1)C(=O)N2. The number of aromatic nitrogens is 2. The largest absolute Gasteiger partial charge is 0.497 e. The highest BCUT2D eigenvalue weighted by molar-refractivity contribution is 6.06. The van der Waals surface area contributed by atoms with Crippen molar-refractivity contribution in [2.24, 2.45) is 0 Å². The first-order valence-electron chi connectivity index (χ1n) is 13.3. The van der Waals surface area contributed by atoms with Gasteiger partial charge in [0.15, 0.2) is 0 Å². The first-order valence-corrected chi connectivity index (χ1v) is 13.3. The molecule has 0 aliphatic carbocycles. The molecule has 0 spiro atoms. The molecule has 1 aromatic heterocycles. The van der Waals surface area contributed by atoms with Crippen LogP contribution in [-0.4, -0.2) is 66.1 Å². The maximum absolute atomic E-state index is 13.8. The molecule has 202 valence electrons. The highest BCUT2D eigenvalue weighted by Crippen LogP contribution is 2.37. The minimum atomic E-state index is -0.301. The number of fused-ring (bicyclic) bond motifs is 2. The molecule has 1 atom stereocenters. The van der Waals surface area contributed by atoms with Crippen molar-refractivity contribution in [3.63, 3.8) is 0 Å². The molecule has 1 saturated heterocycles. The molecule has 6 rings (SSSR count). The van der Waals surface area contributed by atoms with Crippen molar-refractivity contribution in [3.8, 4) is 5.75 Å². The van der Waals surface area contributed by atoms with Gasteiger partial charge >= 0.3 is 6.03 Å². The maximum atomic E-state index is 13.8. The number of hydrogen-bond donors (Lipinski definition) is 1. The van der Waals surface area contributed by atoms with E-state index in [1.165, 1.54) is 18.5 Å². The van der Waals surface area contributed by atoms with E-state index >= 15 is 0 Å². The Hall–Kier alpha value is -4.21. The van der Waals surface area contributed by atoms with Crippen LogP contribution in [0.2, 0.25) is 0 Å². The lowest BCUT2D eigenvalue weighted by atomic mass is 10.0. The quantitative estimate of drug-likeness (QED) is 0.536. The van der Waals surface area contributed by atoms with Gasteiger partial charge in [0.1, 0.15) is 29.4 Å². The lowest BCUT2D eigenvalue weighted by Gasteiger charge is -2.38. The Kier molecular flexibility index (Phi) is 6.54. The summed E-state index contributed by atoms with van der Waals surface area (Å²) in [6.07, 6.45) is 3.77. The third-order valence-corrected chi connectivity index (χ3v) is 8.05. The van der Waals surface area contributed by atoms with Crippen molar-refractivity contribution >= 4 is 29.1 Å². The Morgan fingerprint density at radius 3 is 2.69 bits per heavy atom. The summed E-state index contributed by atoms with van der Waals surface area (Å²) in [7, 11) is 1.64. The highest BCUT2D eigenvalue weighted by atomic mass is 19.1. The Morgan fingerprint density at radius 2 is 1.90 bits per heavy atom. The van der Waals surface area contributed by atoms with Crippen molar-refractivity contribution in [2.75, 3.05) is 48.4 Å². The molecule has 10 heteroatoms. The number of carbonyl (C=O) groups is 2. The topological polar surface area (TPSA) is 90.9 Å². The normalized spacial score (nSPS) is 19.3. The molecule has 39 heavy (non-hydrogen) atoms. The Bertz CT molecular complexity index is 1420. The summed E-state index contributed by atoms with van der Waals surface area (Å²) >= 11 is 0. The summed E-state index contributed by atoms with van der Waals surface area (Å²) in [5, 5.41) is 3.06. The van der Waals surface area contributed by atoms with Gasteiger partial charge in [-0.25, -0.2) is 19.2 Å². The molecule has 1 fully saturated rings. The highest BCUT2D eigenvalue weighted by Gasteiger charge is 2.33. The molecule has 0 radical (unpaired) electrons. The average Bonchev–Trinajstić information content (AvgIpc) is 3.18. The Morgan fingerprint density at radius 1 is 1.08 bits per heavy atom. The summed E-state index contributed by atoms with van der Waals surface area (Å²) in [4.78, 5) is 40.9. The van der Waals surface area contributed by atoms with Crippen LogP contribution in [0.5, 0.6) is 5.75 Å². The van der Waals surface area contributed by atoms with Gasteiger partial charge in [-0.3, -0.25) is 4.79 Å². The molecule has 4 heterocycles. The predicted molar refractivity (Wildman–Crippen MR) is 146 cm³/mol. The molecule has 9 nitrogen and oxygen atoms in total. The molecule has 1 N–H and O–H groups in total. The number of piperidine rings is 1. The van der Waals surface area contributed by atoms with Crippen LogP contribution in [0.4, 0.5) is 26.4 Å². The number of benzene rings is 2. The van der Waals surface area contributed by atoms with Crippen molar-refractivity contribution in [2.45, 2.75) is 38.1 Å². The number of halogens is 1. The minimum Gasteiger partial charge on any atom is -0.497 e. The number of rotatable bonds is 4. The molecular weight excluding hydrogens is 499 g/mol. The zero-order chi connectivity index (χ0) is 27.1. The Labute approximate surface area is 226 Å². The lowest BCUT2D eigenvalue weighted by Crippen LogP contribution is -2.49. The standard InChI is InChI=1S/C29H31FN6O3/c1-18-16-36(26-6-3-20(30)14-23(18)26)28(37)25-15-27(32-17-31-25)34-10-8-21(9-11-34)35-12-7-19-13-22(39-2)4-5-24(19)33-29(35)38/h3-6,13-15,17-18,21H,7-12,16H2,1-2H3,(H,33,38). The van der Waals surface area contributed by atoms with Crippen LogP contribution >= 0.6 is 0 Å². The van der Waals surface area contributed by atoms with E-state index in [9.17, 15) is 14.0 Å². The van der Waals surface area contributed by atoms with E-state index in [2.05, 4.69) is 20.2 Å². The zero-order valence-electron chi connectivity index (χ0n) is 22.1. The summed E-state index contributed by atoms with van der Waals surface area (Å²) in [6, 6.07) is 12.0. The van der Waals surface area contributed by atoms with Gasteiger partial charge in [-0.2, -0.15) is 0 Å². The number of hydrogen-bond acceptors (Lipinski definition) is 6. The molecule has 0 saturated carbocycles. The maximum Gasteiger partial charge on any atom is 0.322 e. The van der Waals surface area contributed by atoms with Crippen LogP contribution in [0.1, 0.15) is 47.3 Å². The fraction of sp³-hybridized carbons (Fsp3) is 0.379. The number of nitrogens with zero attached hydrogens (tertiary/aromatic N) is 5. The van der Waals surface area contributed by atoms with Crippen LogP contribution in [-0.2, 0) is 6.42 Å². The van der Waals surface area contributed by atoms with Crippen molar-refractivity contribution in [1.29, 1.82) is 0 Å². The summed E-state index contributed by atoms with van der Waals surface area (Å²) in [5.74, 6) is 1.00. The van der Waals surface area contributed by atoms with E-state index in [4.69, 9.17) is 4.74 Å². The number of anilines is 3. The average molecular weight is 531 g/mol. The second-order valence-electron chi connectivity index (χ2n) is 10.4. The summed E-state index contributed by atoms with van der Waals surface area (Å²) in [5.41, 5.74) is 3.78. The van der Waals surface area contributed by atoms with Crippen LogP contribution < -0.4 is 19.9 Å². The summed E-state index contributed by atoms with van der Waals surface area (Å²) in [6.45, 7) is 4.53. The molecule has 3 amide bonds. The van der Waals surface area contributed by atoms with Crippen molar-refractivity contribution in [3.05, 3.63) is 71.4 Å². The molecule has 2 aromatic carbocycles. The van der Waals surface area contributed by atoms with E-state index in [0.717, 1.165) is 47.5 Å². The fourth-order valence-corrected chi connectivity index (χ4v) is 5.91. The van der Waals surface area contributed by atoms with Crippen molar-refractivity contribution < 1.29 is 18.7 Å². The molecule has 3 aliphatic heterocycles. The number of urea groups is 1. The van der Waals surface area contributed by atoms with Gasteiger partial charge in [0, 0.05) is 55.6 Å². The van der Waals surface area contributed by atoms with Crippen LogP contribution in [0.25, 0.3) is 0 Å². The molecule has 3 aromatic rings. The van der Waals surface area contributed by atoms with Gasteiger partial charge in [0.2, 0.25) is 0 Å². The fourth-order valence-electron chi connectivity index (χ4n) is 5.91. The van der Waals surface area contributed by atoms with E-state index in [1.54, 1.807) is 24.1 Å². The van der Waals surface area contributed by atoms with Crippen molar-refractivity contribution in [1.82, 2.24) is 14.9 Å². The van der Waals surface area contributed by atoms with E-state index < -0.39 is 0 Å². The van der Waals surface area contributed by atoms with Crippen LogP contribution in [0.15, 0.2) is 48.8 Å². The van der Waals surface area contributed by atoms with E-state index in [-0.39, 0.29) is 29.7 Å². The second-order valence-corrected chi connectivity index (χ2v) is 10.4. The molecule has 3 aliphatic rings. The van der Waals surface area contributed by atoms with Crippen LogP contribution in [0.3, 0.4) is 0 Å². The Balaban J connectivity index is 1.12. The van der Waals surface area contributed by atoms with E-state index in [0.29, 0.717) is 37.7 Å². The monoisotopic (exact) mass is 530 g/mol. The van der Waals surface area contributed by atoms with Gasteiger partial charge in [-0.05, 0) is 66.8 Å². The smallest absolute Gasteiger partial charge is 0.322 e. The number of nitrogens with one attached hydrogen (secondary N) is 1. The number of ether oxygens (including phenoxy) is 1. The van der Waals surface area contributed by atoms with E-state index in [1.807, 2.05) is 30.0 Å². The first-order chi connectivity index (χ1) is 18.9.